The second kappa shape index (κ2) is 9.14. The molecule has 0 heterocycles. The molecule has 0 bridgehead atoms. The fourth-order valence-electron chi connectivity index (χ4n) is 2.38. The standard InChI is InChI=1S/C19H18Cl2F2O/c20-18(13-1-5-15(22)6-2-13)11-9-17(24)10-12-19(21)14-3-7-16(23)8-4-14/h1-8,18-19H,9-12H2. The fourth-order valence-corrected chi connectivity index (χ4v) is 2.89. The van der Waals surface area contributed by atoms with Gasteiger partial charge in [0.15, 0.2) is 0 Å². The average Bonchev–Trinajstić information content (AvgIpc) is 2.58. The van der Waals surface area contributed by atoms with Crippen molar-refractivity contribution >= 4 is 29.0 Å². The Labute approximate surface area is 150 Å². The van der Waals surface area contributed by atoms with E-state index in [0.29, 0.717) is 25.7 Å². The highest BCUT2D eigenvalue weighted by Crippen LogP contribution is 2.28. The smallest absolute Gasteiger partial charge is 0.133 e. The van der Waals surface area contributed by atoms with E-state index in [4.69, 9.17) is 23.2 Å². The van der Waals surface area contributed by atoms with Crippen LogP contribution in [0.15, 0.2) is 48.5 Å². The van der Waals surface area contributed by atoms with E-state index in [-0.39, 0.29) is 28.2 Å². The van der Waals surface area contributed by atoms with Crippen LogP contribution >= 0.6 is 23.2 Å². The maximum Gasteiger partial charge on any atom is 0.133 e. The topological polar surface area (TPSA) is 17.1 Å². The average molecular weight is 371 g/mol. The lowest BCUT2D eigenvalue weighted by atomic mass is 10.0. The molecule has 0 aliphatic carbocycles. The molecule has 2 aromatic rings. The molecule has 128 valence electrons. The lowest BCUT2D eigenvalue weighted by Crippen LogP contribution is -2.03. The van der Waals surface area contributed by atoms with Crippen LogP contribution in [-0.4, -0.2) is 5.78 Å². The van der Waals surface area contributed by atoms with Crippen molar-refractivity contribution in [1.29, 1.82) is 0 Å². The maximum absolute atomic E-state index is 12.9. The first kappa shape index (κ1) is 18.9. The third-order valence-corrected chi connectivity index (χ3v) is 4.76. The molecule has 5 heteroatoms. The van der Waals surface area contributed by atoms with E-state index in [9.17, 15) is 13.6 Å². The minimum Gasteiger partial charge on any atom is -0.300 e. The zero-order valence-electron chi connectivity index (χ0n) is 13.0. The van der Waals surface area contributed by atoms with Crippen molar-refractivity contribution < 1.29 is 13.6 Å². The summed E-state index contributed by atoms with van der Waals surface area (Å²) in [6, 6.07) is 11.9. The summed E-state index contributed by atoms with van der Waals surface area (Å²) in [6.45, 7) is 0. The van der Waals surface area contributed by atoms with Crippen molar-refractivity contribution in [3.63, 3.8) is 0 Å². The van der Waals surface area contributed by atoms with Crippen LogP contribution in [0.5, 0.6) is 0 Å². The molecule has 2 aromatic carbocycles. The molecule has 2 atom stereocenters. The quantitative estimate of drug-likeness (QED) is 0.494. The molecule has 0 aliphatic rings. The molecule has 0 N–H and O–H groups in total. The summed E-state index contributed by atoms with van der Waals surface area (Å²) in [4.78, 5) is 12.0. The first-order chi connectivity index (χ1) is 11.5. The lowest BCUT2D eigenvalue weighted by molar-refractivity contribution is -0.119. The van der Waals surface area contributed by atoms with Gasteiger partial charge in [0.1, 0.15) is 17.4 Å². The first-order valence-corrected chi connectivity index (χ1v) is 8.64. The highest BCUT2D eigenvalue weighted by molar-refractivity contribution is 6.21. The molecule has 0 spiro atoms. The second-order valence-corrected chi connectivity index (χ2v) is 6.71. The van der Waals surface area contributed by atoms with E-state index in [2.05, 4.69) is 0 Å². The van der Waals surface area contributed by atoms with E-state index in [1.165, 1.54) is 24.3 Å². The number of benzene rings is 2. The molecule has 0 saturated carbocycles. The molecule has 1 nitrogen and oxygen atoms in total. The van der Waals surface area contributed by atoms with E-state index >= 15 is 0 Å². The largest absolute Gasteiger partial charge is 0.300 e. The van der Waals surface area contributed by atoms with E-state index < -0.39 is 0 Å². The SMILES string of the molecule is O=C(CCC(Cl)c1ccc(F)cc1)CCC(Cl)c1ccc(F)cc1. The molecule has 0 aromatic heterocycles. The van der Waals surface area contributed by atoms with Crippen LogP contribution in [0.1, 0.15) is 47.6 Å². The molecule has 0 saturated heterocycles. The Bertz CT molecular complexity index is 599. The van der Waals surface area contributed by atoms with Gasteiger partial charge in [-0.05, 0) is 48.2 Å². The Morgan fingerprint density at radius 3 is 1.42 bits per heavy atom. The predicted molar refractivity (Wildman–Crippen MR) is 93.5 cm³/mol. The third-order valence-electron chi connectivity index (χ3n) is 3.82. The highest BCUT2D eigenvalue weighted by atomic mass is 35.5. The molecule has 2 unspecified atom stereocenters. The first-order valence-electron chi connectivity index (χ1n) is 7.76. The number of ketones is 1. The number of halogens is 4. The predicted octanol–water partition coefficient (Wildman–Crippen LogP) is 6.35. The van der Waals surface area contributed by atoms with Gasteiger partial charge in [0.05, 0.1) is 10.8 Å². The van der Waals surface area contributed by atoms with Gasteiger partial charge < -0.3 is 0 Å². The van der Waals surface area contributed by atoms with E-state index in [1.807, 2.05) is 0 Å². The summed E-state index contributed by atoms with van der Waals surface area (Å²) in [7, 11) is 0. The van der Waals surface area contributed by atoms with Crippen molar-refractivity contribution in [3.8, 4) is 0 Å². The molecule has 0 radical (unpaired) electrons. The van der Waals surface area contributed by atoms with Gasteiger partial charge in [-0.15, -0.1) is 23.2 Å². The zero-order chi connectivity index (χ0) is 17.5. The van der Waals surface area contributed by atoms with Gasteiger partial charge in [0.2, 0.25) is 0 Å². The highest BCUT2D eigenvalue weighted by Gasteiger charge is 2.14. The summed E-state index contributed by atoms with van der Waals surface area (Å²) in [6.07, 6.45) is 1.68. The van der Waals surface area contributed by atoms with Crippen LogP contribution in [0.2, 0.25) is 0 Å². The summed E-state index contributed by atoms with van der Waals surface area (Å²) in [5, 5.41) is -0.642. The minimum absolute atomic E-state index is 0.0792. The van der Waals surface area contributed by atoms with Gasteiger partial charge in [-0.2, -0.15) is 0 Å². The van der Waals surface area contributed by atoms with E-state index in [1.54, 1.807) is 24.3 Å². The minimum atomic E-state index is -0.321. The fraction of sp³-hybridized carbons (Fsp3) is 0.316. The Morgan fingerprint density at radius 1 is 0.750 bits per heavy atom. The normalized spacial score (nSPS) is 13.5. The Kier molecular flexibility index (Phi) is 7.19. The van der Waals surface area contributed by atoms with Gasteiger partial charge in [-0.25, -0.2) is 8.78 Å². The maximum atomic E-state index is 12.9. The molecule has 0 amide bonds. The number of hydrogen-bond donors (Lipinski definition) is 0. The Hall–Kier alpha value is -1.45. The van der Waals surface area contributed by atoms with Crippen molar-refractivity contribution in [2.24, 2.45) is 0 Å². The van der Waals surface area contributed by atoms with Gasteiger partial charge >= 0.3 is 0 Å². The summed E-state index contributed by atoms with van der Waals surface area (Å²) in [5.41, 5.74) is 1.60. The van der Waals surface area contributed by atoms with Crippen LogP contribution in [0.4, 0.5) is 8.78 Å². The van der Waals surface area contributed by atoms with Crippen LogP contribution in [0.3, 0.4) is 0 Å². The number of Topliss-reactive ketones (excluding diaryl/α,β-unsaturated/α-hetero) is 1. The molecule has 0 fully saturated rings. The summed E-state index contributed by atoms with van der Waals surface area (Å²) in [5.74, 6) is -0.546. The number of carbonyl (C=O) groups is 1. The van der Waals surface area contributed by atoms with Gasteiger partial charge in [-0.1, -0.05) is 24.3 Å². The van der Waals surface area contributed by atoms with Crippen LogP contribution in [-0.2, 0) is 4.79 Å². The Morgan fingerprint density at radius 2 is 1.08 bits per heavy atom. The van der Waals surface area contributed by atoms with Gasteiger partial charge in [0, 0.05) is 12.8 Å². The second-order valence-electron chi connectivity index (χ2n) is 5.65. The lowest BCUT2D eigenvalue weighted by Gasteiger charge is -2.11. The number of hydrogen-bond acceptors (Lipinski definition) is 1. The van der Waals surface area contributed by atoms with E-state index in [0.717, 1.165) is 11.1 Å². The number of alkyl halides is 2. The van der Waals surface area contributed by atoms with Crippen molar-refractivity contribution in [2.45, 2.75) is 36.4 Å². The van der Waals surface area contributed by atoms with Crippen LogP contribution in [0.25, 0.3) is 0 Å². The van der Waals surface area contributed by atoms with Crippen molar-refractivity contribution in [1.82, 2.24) is 0 Å². The van der Waals surface area contributed by atoms with Gasteiger partial charge in [0.25, 0.3) is 0 Å². The van der Waals surface area contributed by atoms with Crippen LogP contribution in [0, 0.1) is 11.6 Å². The zero-order valence-corrected chi connectivity index (χ0v) is 14.5. The summed E-state index contributed by atoms with van der Waals surface area (Å²) >= 11 is 12.5. The summed E-state index contributed by atoms with van der Waals surface area (Å²) < 4.78 is 25.7. The van der Waals surface area contributed by atoms with Crippen molar-refractivity contribution in [2.75, 3.05) is 0 Å². The van der Waals surface area contributed by atoms with Gasteiger partial charge in [-0.3, -0.25) is 4.79 Å². The molecular formula is C19H18Cl2F2O. The number of carbonyl (C=O) groups excluding carboxylic acids is 1. The molecule has 2 rings (SSSR count). The third kappa shape index (κ3) is 5.88. The Balaban J connectivity index is 1.74. The molecule has 0 aliphatic heterocycles. The molecular weight excluding hydrogens is 353 g/mol. The van der Waals surface area contributed by atoms with Crippen molar-refractivity contribution in [3.05, 3.63) is 71.3 Å². The monoisotopic (exact) mass is 370 g/mol. The number of rotatable bonds is 8. The molecule has 24 heavy (non-hydrogen) atoms. The van der Waals surface area contributed by atoms with Crippen LogP contribution < -0.4 is 0 Å².